The monoisotopic (exact) mass is 302 g/mol. The first kappa shape index (κ1) is 17.2. The molecule has 0 aromatic heterocycles. The number of ether oxygens (including phenoxy) is 2. The first-order valence-electron chi connectivity index (χ1n) is 6.60. The van der Waals surface area contributed by atoms with E-state index in [0.29, 0.717) is 18.5 Å². The summed E-state index contributed by atoms with van der Waals surface area (Å²) in [6, 6.07) is 4.36. The van der Waals surface area contributed by atoms with Gasteiger partial charge in [0.05, 0.1) is 7.11 Å². The van der Waals surface area contributed by atoms with Gasteiger partial charge in [-0.05, 0) is 31.9 Å². The molecule has 1 aromatic rings. The predicted octanol–water partition coefficient (Wildman–Crippen LogP) is 2.75. The molecule has 118 valence electrons. The van der Waals surface area contributed by atoms with Crippen LogP contribution >= 0.6 is 0 Å². The molecule has 5 nitrogen and oxygen atoms in total. The maximum absolute atomic E-state index is 12.3. The van der Waals surface area contributed by atoms with Gasteiger partial charge in [-0.25, -0.2) is 0 Å². The number of halogens is 2. The summed E-state index contributed by atoms with van der Waals surface area (Å²) in [6.45, 7) is -1.09. The zero-order valence-corrected chi connectivity index (χ0v) is 12.1. The van der Waals surface area contributed by atoms with Gasteiger partial charge >= 0.3 is 6.61 Å². The van der Waals surface area contributed by atoms with Gasteiger partial charge in [-0.2, -0.15) is 8.78 Å². The van der Waals surface area contributed by atoms with E-state index in [2.05, 4.69) is 10.1 Å². The predicted molar refractivity (Wildman–Crippen MR) is 75.8 cm³/mol. The molecule has 0 saturated carbocycles. The molecule has 0 aliphatic carbocycles. The average molecular weight is 302 g/mol. The van der Waals surface area contributed by atoms with E-state index >= 15 is 0 Å². The number of benzene rings is 1. The van der Waals surface area contributed by atoms with Crippen LogP contribution in [0, 0.1) is 0 Å². The van der Waals surface area contributed by atoms with Crippen LogP contribution in [0.3, 0.4) is 0 Å². The van der Waals surface area contributed by atoms with Crippen LogP contribution in [0.25, 0.3) is 0 Å². The van der Waals surface area contributed by atoms with E-state index in [1.54, 1.807) is 6.07 Å². The lowest BCUT2D eigenvalue weighted by Gasteiger charge is -2.12. The van der Waals surface area contributed by atoms with E-state index in [4.69, 9.17) is 10.5 Å². The van der Waals surface area contributed by atoms with Gasteiger partial charge in [0, 0.05) is 24.2 Å². The summed E-state index contributed by atoms with van der Waals surface area (Å²) in [5.74, 6) is -0.157. The van der Waals surface area contributed by atoms with E-state index in [9.17, 15) is 13.6 Å². The van der Waals surface area contributed by atoms with Crippen LogP contribution in [-0.2, 0) is 4.79 Å². The quantitative estimate of drug-likeness (QED) is 0.774. The van der Waals surface area contributed by atoms with Crippen molar-refractivity contribution >= 4 is 11.6 Å². The average Bonchev–Trinajstić information content (AvgIpc) is 2.37. The largest absolute Gasteiger partial charge is 0.493 e. The molecule has 1 atom stereocenters. The summed E-state index contributed by atoms with van der Waals surface area (Å²) in [6.07, 6.45) is 1.73. The van der Waals surface area contributed by atoms with E-state index < -0.39 is 6.61 Å². The van der Waals surface area contributed by atoms with Gasteiger partial charge < -0.3 is 20.5 Å². The number of hydrogen-bond donors (Lipinski definition) is 2. The molecule has 0 fully saturated rings. The van der Waals surface area contributed by atoms with Crippen LogP contribution in [0.4, 0.5) is 14.5 Å². The Labute approximate surface area is 122 Å². The number of carbonyl (C=O) groups is 1. The van der Waals surface area contributed by atoms with E-state index in [-0.39, 0.29) is 23.4 Å². The third kappa shape index (κ3) is 6.40. The number of carbonyl (C=O) groups excluding carboxylic acids is 1. The molecular weight excluding hydrogens is 282 g/mol. The van der Waals surface area contributed by atoms with E-state index in [1.807, 2.05) is 6.92 Å². The van der Waals surface area contributed by atoms with Gasteiger partial charge in [0.15, 0.2) is 11.5 Å². The number of alkyl halides is 2. The standard InChI is InChI=1S/C14H20F2N2O3/c1-9(17)4-3-5-13(19)18-10-6-7-11(20-2)12(8-10)21-14(15)16/h6-9,14H,3-5,17H2,1-2H3,(H,18,19). The molecule has 21 heavy (non-hydrogen) atoms. The summed E-state index contributed by atoms with van der Waals surface area (Å²) < 4.78 is 33.9. The summed E-state index contributed by atoms with van der Waals surface area (Å²) in [5, 5.41) is 2.62. The fourth-order valence-corrected chi connectivity index (χ4v) is 1.75. The maximum Gasteiger partial charge on any atom is 0.387 e. The Kier molecular flexibility index (Phi) is 6.87. The van der Waals surface area contributed by atoms with Crippen LogP contribution < -0.4 is 20.5 Å². The second-order valence-electron chi connectivity index (χ2n) is 4.66. The van der Waals surface area contributed by atoms with Crippen molar-refractivity contribution in [1.82, 2.24) is 0 Å². The van der Waals surface area contributed by atoms with Crippen molar-refractivity contribution in [3.8, 4) is 11.5 Å². The minimum atomic E-state index is -2.96. The molecular formula is C14H20F2N2O3. The zero-order chi connectivity index (χ0) is 15.8. The Morgan fingerprint density at radius 1 is 1.38 bits per heavy atom. The minimum Gasteiger partial charge on any atom is -0.493 e. The third-order valence-electron chi connectivity index (χ3n) is 2.73. The van der Waals surface area contributed by atoms with Crippen LogP contribution in [0.2, 0.25) is 0 Å². The van der Waals surface area contributed by atoms with Gasteiger partial charge in [0.2, 0.25) is 5.91 Å². The fraction of sp³-hybridized carbons (Fsp3) is 0.500. The lowest BCUT2D eigenvalue weighted by molar-refractivity contribution is -0.116. The minimum absolute atomic E-state index is 0.0461. The summed E-state index contributed by atoms with van der Waals surface area (Å²) in [7, 11) is 1.35. The molecule has 0 heterocycles. The molecule has 0 saturated heterocycles. The molecule has 1 aromatic carbocycles. The van der Waals surface area contributed by atoms with Gasteiger partial charge in [-0.1, -0.05) is 0 Å². The van der Waals surface area contributed by atoms with Gasteiger partial charge in [0.25, 0.3) is 0 Å². The van der Waals surface area contributed by atoms with Crippen molar-refractivity contribution < 1.29 is 23.0 Å². The molecule has 0 bridgehead atoms. The van der Waals surface area contributed by atoms with Crippen LogP contribution in [0.1, 0.15) is 26.2 Å². The molecule has 7 heteroatoms. The lowest BCUT2D eigenvalue weighted by atomic mass is 10.1. The Bertz CT molecular complexity index is 468. The fourth-order valence-electron chi connectivity index (χ4n) is 1.75. The number of rotatable bonds is 8. The third-order valence-corrected chi connectivity index (χ3v) is 2.73. The van der Waals surface area contributed by atoms with Crippen LogP contribution in [-0.4, -0.2) is 25.7 Å². The number of amides is 1. The highest BCUT2D eigenvalue weighted by atomic mass is 19.3. The Balaban J connectivity index is 2.64. The summed E-state index contributed by atoms with van der Waals surface area (Å²) in [4.78, 5) is 11.7. The van der Waals surface area contributed by atoms with Crippen molar-refractivity contribution in [2.45, 2.75) is 38.8 Å². The second kappa shape index (κ2) is 8.41. The topological polar surface area (TPSA) is 73.6 Å². The van der Waals surface area contributed by atoms with Crippen LogP contribution in [0.5, 0.6) is 11.5 Å². The zero-order valence-electron chi connectivity index (χ0n) is 12.1. The highest BCUT2D eigenvalue weighted by Crippen LogP contribution is 2.31. The number of hydrogen-bond acceptors (Lipinski definition) is 4. The van der Waals surface area contributed by atoms with Crippen molar-refractivity contribution in [1.29, 1.82) is 0 Å². The highest BCUT2D eigenvalue weighted by Gasteiger charge is 2.12. The van der Waals surface area contributed by atoms with Gasteiger partial charge in [0.1, 0.15) is 0 Å². The van der Waals surface area contributed by atoms with E-state index in [1.165, 1.54) is 19.2 Å². The summed E-state index contributed by atoms with van der Waals surface area (Å²) in [5.41, 5.74) is 5.97. The molecule has 1 amide bonds. The van der Waals surface area contributed by atoms with Crippen molar-refractivity contribution in [3.63, 3.8) is 0 Å². The smallest absolute Gasteiger partial charge is 0.387 e. The molecule has 3 N–H and O–H groups in total. The molecule has 0 aliphatic heterocycles. The molecule has 1 rings (SSSR count). The van der Waals surface area contributed by atoms with E-state index in [0.717, 1.165) is 6.42 Å². The second-order valence-corrected chi connectivity index (χ2v) is 4.66. The molecule has 0 radical (unpaired) electrons. The van der Waals surface area contributed by atoms with Crippen molar-refractivity contribution in [2.75, 3.05) is 12.4 Å². The number of nitrogens with one attached hydrogen (secondary N) is 1. The summed E-state index contributed by atoms with van der Waals surface area (Å²) >= 11 is 0. The Morgan fingerprint density at radius 3 is 2.67 bits per heavy atom. The van der Waals surface area contributed by atoms with Gasteiger partial charge in [-0.3, -0.25) is 4.79 Å². The number of methoxy groups -OCH3 is 1. The molecule has 1 unspecified atom stereocenters. The Morgan fingerprint density at radius 2 is 2.10 bits per heavy atom. The maximum atomic E-state index is 12.3. The molecule has 0 aliphatic rings. The van der Waals surface area contributed by atoms with Gasteiger partial charge in [-0.15, -0.1) is 0 Å². The molecule has 0 spiro atoms. The normalized spacial score (nSPS) is 12.1. The SMILES string of the molecule is COc1ccc(NC(=O)CCCC(C)N)cc1OC(F)F. The number of nitrogens with two attached hydrogens (primary N) is 1. The van der Waals surface area contributed by atoms with Crippen LogP contribution in [0.15, 0.2) is 18.2 Å². The first-order chi connectivity index (χ1) is 9.92. The highest BCUT2D eigenvalue weighted by molar-refractivity contribution is 5.91. The lowest BCUT2D eigenvalue weighted by Crippen LogP contribution is -2.17. The number of anilines is 1. The van der Waals surface area contributed by atoms with Crippen molar-refractivity contribution in [3.05, 3.63) is 18.2 Å². The Hall–Kier alpha value is -1.89. The first-order valence-corrected chi connectivity index (χ1v) is 6.60. The van der Waals surface area contributed by atoms with Crippen molar-refractivity contribution in [2.24, 2.45) is 5.73 Å².